The highest BCUT2D eigenvalue weighted by atomic mass is 16.6. The van der Waals surface area contributed by atoms with Crippen molar-refractivity contribution in [3.63, 3.8) is 0 Å². The molecule has 0 amide bonds. The standard InChI is InChI=1S/C6H14NO/c1-4-8-7-5-6(2)3/h6H,4-5H2,1-3H3. The van der Waals surface area contributed by atoms with Gasteiger partial charge in [0.05, 0.1) is 6.61 Å². The largest absolute Gasteiger partial charge is 0.282 e. The second-order valence-corrected chi connectivity index (χ2v) is 2.12. The van der Waals surface area contributed by atoms with Crippen molar-refractivity contribution < 1.29 is 4.84 Å². The van der Waals surface area contributed by atoms with E-state index in [9.17, 15) is 0 Å². The van der Waals surface area contributed by atoms with Crippen molar-refractivity contribution in [1.82, 2.24) is 5.48 Å². The van der Waals surface area contributed by atoms with E-state index in [1.165, 1.54) is 0 Å². The smallest absolute Gasteiger partial charge is 0.0674 e. The van der Waals surface area contributed by atoms with Gasteiger partial charge in [0.25, 0.3) is 0 Å². The van der Waals surface area contributed by atoms with Crippen LogP contribution in [0, 0.1) is 5.92 Å². The van der Waals surface area contributed by atoms with E-state index in [1.807, 2.05) is 6.92 Å². The van der Waals surface area contributed by atoms with Crippen LogP contribution in [0.15, 0.2) is 0 Å². The van der Waals surface area contributed by atoms with E-state index >= 15 is 0 Å². The van der Waals surface area contributed by atoms with Crippen molar-refractivity contribution in [3.8, 4) is 0 Å². The van der Waals surface area contributed by atoms with Crippen LogP contribution in [0.1, 0.15) is 20.8 Å². The molecule has 0 rings (SSSR count). The van der Waals surface area contributed by atoms with Crippen LogP contribution in [0.4, 0.5) is 0 Å². The van der Waals surface area contributed by atoms with E-state index in [-0.39, 0.29) is 0 Å². The molecular weight excluding hydrogens is 102 g/mol. The Bertz CT molecular complexity index is 45.8. The topological polar surface area (TPSA) is 23.3 Å². The molecule has 0 aromatic heterocycles. The summed E-state index contributed by atoms with van der Waals surface area (Å²) in [7, 11) is 0. The zero-order valence-corrected chi connectivity index (χ0v) is 5.85. The van der Waals surface area contributed by atoms with E-state index in [4.69, 9.17) is 4.84 Å². The molecule has 0 aliphatic heterocycles. The minimum atomic E-state index is 0.613. The Kier molecular flexibility index (Phi) is 5.01. The Morgan fingerprint density at radius 3 is 2.50 bits per heavy atom. The van der Waals surface area contributed by atoms with Crippen LogP contribution in [-0.4, -0.2) is 13.2 Å². The average Bonchev–Trinajstić information content (AvgIpc) is 1.66. The van der Waals surface area contributed by atoms with Crippen molar-refractivity contribution in [1.29, 1.82) is 0 Å². The summed E-state index contributed by atoms with van der Waals surface area (Å²) in [5.41, 5.74) is 3.79. The highest BCUT2D eigenvalue weighted by Crippen LogP contribution is 1.87. The highest BCUT2D eigenvalue weighted by molar-refractivity contribution is 4.40. The van der Waals surface area contributed by atoms with E-state index in [0.717, 1.165) is 6.54 Å². The second kappa shape index (κ2) is 5.06. The van der Waals surface area contributed by atoms with Gasteiger partial charge < -0.3 is 0 Å². The first-order valence-electron chi connectivity index (χ1n) is 3.06. The summed E-state index contributed by atoms with van der Waals surface area (Å²) in [6.07, 6.45) is 0. The fourth-order valence-electron chi connectivity index (χ4n) is 0.293. The Morgan fingerprint density at radius 2 is 2.12 bits per heavy atom. The van der Waals surface area contributed by atoms with Gasteiger partial charge in [-0.2, -0.15) is 0 Å². The lowest BCUT2D eigenvalue weighted by molar-refractivity contribution is 0.0359. The summed E-state index contributed by atoms with van der Waals surface area (Å²) < 4.78 is 0. The maximum atomic E-state index is 4.77. The van der Waals surface area contributed by atoms with Gasteiger partial charge in [0.15, 0.2) is 0 Å². The van der Waals surface area contributed by atoms with Gasteiger partial charge in [0.1, 0.15) is 0 Å². The quantitative estimate of drug-likeness (QED) is 0.400. The van der Waals surface area contributed by atoms with Gasteiger partial charge in [0.2, 0.25) is 0 Å². The maximum absolute atomic E-state index is 4.77. The van der Waals surface area contributed by atoms with Crippen LogP contribution in [-0.2, 0) is 4.84 Å². The van der Waals surface area contributed by atoms with Crippen LogP contribution >= 0.6 is 0 Å². The van der Waals surface area contributed by atoms with Gasteiger partial charge in [-0.3, -0.25) is 4.84 Å². The predicted octanol–water partition coefficient (Wildman–Crippen LogP) is 1.20. The number of nitrogens with zero attached hydrogens (tertiary/aromatic N) is 1. The molecule has 0 aliphatic carbocycles. The molecular formula is C6H14NO. The SMILES string of the molecule is CCO[N]CC(C)C. The van der Waals surface area contributed by atoms with Crippen molar-refractivity contribution in [3.05, 3.63) is 0 Å². The van der Waals surface area contributed by atoms with E-state index < -0.39 is 0 Å². The molecule has 0 spiro atoms. The van der Waals surface area contributed by atoms with Crippen LogP contribution in [0.25, 0.3) is 0 Å². The van der Waals surface area contributed by atoms with Crippen molar-refractivity contribution >= 4 is 0 Å². The lowest BCUT2D eigenvalue weighted by Gasteiger charge is -2.01. The Labute approximate surface area is 51.2 Å². The molecule has 0 unspecified atom stereocenters. The third kappa shape index (κ3) is 5.92. The molecule has 0 bridgehead atoms. The van der Waals surface area contributed by atoms with Crippen molar-refractivity contribution in [2.75, 3.05) is 13.2 Å². The molecule has 0 aromatic carbocycles. The molecule has 0 heterocycles. The van der Waals surface area contributed by atoms with Gasteiger partial charge >= 0.3 is 0 Å². The predicted molar refractivity (Wildman–Crippen MR) is 33.5 cm³/mol. The Balaban J connectivity index is 2.72. The molecule has 0 atom stereocenters. The molecule has 0 aliphatic rings. The molecule has 0 N–H and O–H groups in total. The number of rotatable bonds is 4. The third-order valence-electron chi connectivity index (χ3n) is 0.660. The first kappa shape index (κ1) is 7.92. The van der Waals surface area contributed by atoms with Gasteiger partial charge in [-0.25, -0.2) is 0 Å². The second-order valence-electron chi connectivity index (χ2n) is 2.12. The van der Waals surface area contributed by atoms with Crippen LogP contribution in [0.5, 0.6) is 0 Å². The summed E-state index contributed by atoms with van der Waals surface area (Å²) in [6, 6.07) is 0. The van der Waals surface area contributed by atoms with Gasteiger partial charge in [-0.05, 0) is 12.8 Å². The number of hydroxylamine groups is 1. The van der Waals surface area contributed by atoms with Crippen LogP contribution in [0.2, 0.25) is 0 Å². The minimum Gasteiger partial charge on any atom is -0.282 e. The van der Waals surface area contributed by atoms with Crippen LogP contribution in [0.3, 0.4) is 0 Å². The van der Waals surface area contributed by atoms with Gasteiger partial charge in [-0.1, -0.05) is 19.3 Å². The Morgan fingerprint density at radius 1 is 1.50 bits per heavy atom. The lowest BCUT2D eigenvalue weighted by Crippen LogP contribution is -2.12. The summed E-state index contributed by atoms with van der Waals surface area (Å²) >= 11 is 0. The zero-order valence-electron chi connectivity index (χ0n) is 5.85. The van der Waals surface area contributed by atoms with Gasteiger partial charge in [0, 0.05) is 6.54 Å². The number of hydrogen-bond acceptors (Lipinski definition) is 1. The summed E-state index contributed by atoms with van der Waals surface area (Å²) in [5.74, 6) is 0.613. The first-order valence-corrected chi connectivity index (χ1v) is 3.06. The zero-order chi connectivity index (χ0) is 6.41. The fraction of sp³-hybridized carbons (Fsp3) is 1.00. The van der Waals surface area contributed by atoms with Gasteiger partial charge in [-0.15, -0.1) is 0 Å². The third-order valence-corrected chi connectivity index (χ3v) is 0.660. The van der Waals surface area contributed by atoms with E-state index in [2.05, 4.69) is 19.3 Å². The summed E-state index contributed by atoms with van der Waals surface area (Å²) in [5, 5.41) is 0. The number of hydrogen-bond donors (Lipinski definition) is 0. The van der Waals surface area contributed by atoms with Crippen molar-refractivity contribution in [2.24, 2.45) is 5.92 Å². The first-order chi connectivity index (χ1) is 3.77. The molecule has 0 aromatic rings. The molecule has 49 valence electrons. The highest BCUT2D eigenvalue weighted by Gasteiger charge is 1.91. The molecule has 2 heteroatoms. The summed E-state index contributed by atoms with van der Waals surface area (Å²) in [4.78, 5) is 4.77. The van der Waals surface area contributed by atoms with Crippen LogP contribution < -0.4 is 5.48 Å². The normalized spacial score (nSPS) is 10.5. The Hall–Kier alpha value is -0.0800. The van der Waals surface area contributed by atoms with Crippen molar-refractivity contribution in [2.45, 2.75) is 20.8 Å². The molecule has 0 saturated heterocycles. The fourth-order valence-corrected chi connectivity index (χ4v) is 0.293. The average molecular weight is 116 g/mol. The molecule has 0 saturated carbocycles. The monoisotopic (exact) mass is 116 g/mol. The molecule has 0 fully saturated rings. The van der Waals surface area contributed by atoms with E-state index in [1.54, 1.807) is 0 Å². The summed E-state index contributed by atoms with van der Waals surface area (Å²) in [6.45, 7) is 7.66. The molecule has 2 nitrogen and oxygen atoms in total. The molecule has 1 radical (unpaired) electrons. The maximum Gasteiger partial charge on any atom is 0.0674 e. The van der Waals surface area contributed by atoms with E-state index in [0.29, 0.717) is 12.5 Å². The minimum absolute atomic E-state index is 0.613. The molecule has 8 heavy (non-hydrogen) atoms. The lowest BCUT2D eigenvalue weighted by atomic mass is 10.2.